The van der Waals surface area contributed by atoms with Gasteiger partial charge in [0.05, 0.1) is 5.52 Å². The van der Waals surface area contributed by atoms with E-state index in [0.29, 0.717) is 15.4 Å². The molecule has 0 fully saturated rings. The lowest BCUT2D eigenvalue weighted by atomic mass is 10.1. The van der Waals surface area contributed by atoms with Crippen molar-refractivity contribution in [1.29, 1.82) is 0 Å². The molecule has 0 unspecified atom stereocenters. The molecule has 0 atom stereocenters. The first-order valence-corrected chi connectivity index (χ1v) is 9.50. The third-order valence-corrected chi connectivity index (χ3v) is 5.33. The number of amides is 1. The summed E-state index contributed by atoms with van der Waals surface area (Å²) in [5.41, 5.74) is 3.29. The number of thioether (sulfide) groups is 1. The van der Waals surface area contributed by atoms with Crippen molar-refractivity contribution in [1.82, 2.24) is 9.55 Å². The zero-order valence-electron chi connectivity index (χ0n) is 13.6. The second-order valence-electron chi connectivity index (χ2n) is 5.44. The number of aromatic nitrogens is 2. The van der Waals surface area contributed by atoms with Crippen LogP contribution in [0.1, 0.15) is 11.1 Å². The van der Waals surface area contributed by atoms with Crippen LogP contribution in [0.15, 0.2) is 39.6 Å². The summed E-state index contributed by atoms with van der Waals surface area (Å²) in [4.78, 5) is 29.6. The van der Waals surface area contributed by atoms with Gasteiger partial charge in [0.25, 0.3) is 5.56 Å². The first-order valence-electron chi connectivity index (χ1n) is 7.39. The molecule has 2 aromatic heterocycles. The summed E-state index contributed by atoms with van der Waals surface area (Å²) < 4.78 is 2.01. The van der Waals surface area contributed by atoms with Crippen LogP contribution in [0.4, 0.5) is 5.69 Å². The van der Waals surface area contributed by atoms with Crippen molar-refractivity contribution in [3.8, 4) is 0 Å². The van der Waals surface area contributed by atoms with Gasteiger partial charge in [-0.1, -0.05) is 30.0 Å². The predicted molar refractivity (Wildman–Crippen MR) is 100 cm³/mol. The number of thiophene rings is 1. The molecule has 5 nitrogen and oxygen atoms in total. The molecule has 0 radical (unpaired) electrons. The molecule has 3 rings (SSSR count). The van der Waals surface area contributed by atoms with Gasteiger partial charge in [-0.25, -0.2) is 4.98 Å². The highest BCUT2D eigenvalue weighted by Gasteiger charge is 2.15. The third-order valence-electron chi connectivity index (χ3n) is 3.76. The van der Waals surface area contributed by atoms with Crippen molar-refractivity contribution in [3.05, 3.63) is 51.1 Å². The van der Waals surface area contributed by atoms with Crippen LogP contribution >= 0.6 is 23.1 Å². The van der Waals surface area contributed by atoms with Crippen LogP contribution in [0.5, 0.6) is 0 Å². The van der Waals surface area contributed by atoms with Gasteiger partial charge in [-0.2, -0.15) is 0 Å². The van der Waals surface area contributed by atoms with Crippen molar-refractivity contribution in [2.45, 2.75) is 25.5 Å². The number of anilines is 1. The fourth-order valence-corrected chi connectivity index (χ4v) is 3.89. The summed E-state index contributed by atoms with van der Waals surface area (Å²) in [5.74, 6) is -0.234. The molecule has 0 saturated heterocycles. The van der Waals surface area contributed by atoms with Gasteiger partial charge in [0, 0.05) is 5.69 Å². The van der Waals surface area contributed by atoms with Crippen LogP contribution in [-0.2, 0) is 11.3 Å². The SMILES string of the molecule is CSc1nc2ccsc2c(=O)n1CC(=O)Nc1c(C)cccc1C. The molecule has 1 aromatic carbocycles. The van der Waals surface area contributed by atoms with E-state index in [9.17, 15) is 9.59 Å². The number of aryl methyl sites for hydroxylation is 2. The molecule has 0 aliphatic carbocycles. The Kier molecular flexibility index (Phi) is 4.73. The number of para-hydroxylation sites is 1. The minimum absolute atomic E-state index is 0.0520. The Balaban J connectivity index is 1.93. The summed E-state index contributed by atoms with van der Waals surface area (Å²) in [5, 5.41) is 5.30. The minimum Gasteiger partial charge on any atom is -0.324 e. The van der Waals surface area contributed by atoms with Crippen molar-refractivity contribution in [2.75, 3.05) is 11.6 Å². The number of benzene rings is 1. The van der Waals surface area contributed by atoms with Gasteiger partial charge in [0.2, 0.25) is 5.91 Å². The summed E-state index contributed by atoms with van der Waals surface area (Å²) >= 11 is 2.71. The minimum atomic E-state index is -0.234. The lowest BCUT2D eigenvalue weighted by molar-refractivity contribution is -0.116. The lowest BCUT2D eigenvalue weighted by Gasteiger charge is -2.13. The molecule has 0 bridgehead atoms. The molecule has 3 aromatic rings. The number of carbonyl (C=O) groups excluding carboxylic acids is 1. The summed E-state index contributed by atoms with van der Waals surface area (Å²) in [7, 11) is 0. The van der Waals surface area contributed by atoms with Gasteiger partial charge in [0.15, 0.2) is 5.16 Å². The molecular formula is C17H17N3O2S2. The summed E-state index contributed by atoms with van der Waals surface area (Å²) in [6.45, 7) is 3.84. The first-order chi connectivity index (χ1) is 11.5. The molecule has 0 aliphatic heterocycles. The number of hydrogen-bond donors (Lipinski definition) is 1. The third kappa shape index (κ3) is 3.09. The van der Waals surface area contributed by atoms with Crippen LogP contribution in [0.25, 0.3) is 10.2 Å². The topological polar surface area (TPSA) is 64.0 Å². The average molecular weight is 359 g/mol. The van der Waals surface area contributed by atoms with Crippen LogP contribution in [0.2, 0.25) is 0 Å². The van der Waals surface area contributed by atoms with Crippen molar-refractivity contribution in [3.63, 3.8) is 0 Å². The molecule has 2 heterocycles. The van der Waals surface area contributed by atoms with Gasteiger partial charge in [-0.3, -0.25) is 14.2 Å². The molecule has 0 aliphatic rings. The maximum Gasteiger partial charge on any atom is 0.272 e. The Labute approximate surface area is 147 Å². The first kappa shape index (κ1) is 16.7. The monoisotopic (exact) mass is 359 g/mol. The second kappa shape index (κ2) is 6.78. The van der Waals surface area contributed by atoms with Crippen molar-refractivity contribution >= 4 is 44.9 Å². The van der Waals surface area contributed by atoms with Crippen LogP contribution < -0.4 is 10.9 Å². The van der Waals surface area contributed by atoms with Crippen molar-refractivity contribution in [2.24, 2.45) is 0 Å². The largest absolute Gasteiger partial charge is 0.324 e. The molecule has 24 heavy (non-hydrogen) atoms. The predicted octanol–water partition coefficient (Wildman–Crippen LogP) is 3.44. The molecule has 1 N–H and O–H groups in total. The van der Waals surface area contributed by atoms with E-state index in [1.54, 1.807) is 0 Å². The molecule has 124 valence electrons. The number of rotatable bonds is 4. The number of fused-ring (bicyclic) bond motifs is 1. The van der Waals surface area contributed by atoms with Gasteiger partial charge in [-0.05, 0) is 42.7 Å². The fourth-order valence-electron chi connectivity index (χ4n) is 2.55. The standard InChI is InChI=1S/C17H17N3O2S2/c1-10-5-4-6-11(2)14(10)19-13(21)9-20-16(22)15-12(7-8-24-15)18-17(20)23-3/h4-8H,9H2,1-3H3,(H,19,21). The fraction of sp³-hybridized carbons (Fsp3) is 0.235. The summed E-state index contributed by atoms with van der Waals surface area (Å²) in [6.07, 6.45) is 1.85. The highest BCUT2D eigenvalue weighted by molar-refractivity contribution is 7.98. The van der Waals surface area contributed by atoms with Gasteiger partial charge < -0.3 is 5.32 Å². The Hall–Kier alpha value is -2.12. The highest BCUT2D eigenvalue weighted by Crippen LogP contribution is 2.21. The lowest BCUT2D eigenvalue weighted by Crippen LogP contribution is -2.29. The van der Waals surface area contributed by atoms with Gasteiger partial charge >= 0.3 is 0 Å². The Morgan fingerprint density at radius 2 is 2.00 bits per heavy atom. The van der Waals surface area contributed by atoms with Crippen LogP contribution in [0, 0.1) is 13.8 Å². The van der Waals surface area contributed by atoms with Crippen LogP contribution in [0.3, 0.4) is 0 Å². The molecule has 0 spiro atoms. The number of carbonyl (C=O) groups is 1. The van der Waals surface area contributed by atoms with E-state index in [0.717, 1.165) is 16.8 Å². The highest BCUT2D eigenvalue weighted by atomic mass is 32.2. The van der Waals surface area contributed by atoms with Crippen molar-refractivity contribution < 1.29 is 4.79 Å². The van der Waals surface area contributed by atoms with E-state index in [2.05, 4.69) is 10.3 Å². The molecule has 1 amide bonds. The maximum absolute atomic E-state index is 12.6. The Morgan fingerprint density at radius 1 is 1.29 bits per heavy atom. The van der Waals surface area contributed by atoms with E-state index in [-0.39, 0.29) is 18.0 Å². The van der Waals surface area contributed by atoms with E-state index < -0.39 is 0 Å². The number of nitrogens with zero attached hydrogens (tertiary/aromatic N) is 2. The van der Waals surface area contributed by atoms with E-state index in [4.69, 9.17) is 0 Å². The van der Waals surface area contributed by atoms with E-state index in [1.165, 1.54) is 27.7 Å². The van der Waals surface area contributed by atoms with Gasteiger partial charge in [-0.15, -0.1) is 11.3 Å². The van der Waals surface area contributed by atoms with Crippen LogP contribution in [-0.4, -0.2) is 21.7 Å². The second-order valence-corrected chi connectivity index (χ2v) is 7.13. The molecule has 0 saturated carbocycles. The smallest absolute Gasteiger partial charge is 0.272 e. The Morgan fingerprint density at radius 3 is 2.67 bits per heavy atom. The maximum atomic E-state index is 12.6. The number of nitrogens with one attached hydrogen (secondary N) is 1. The number of hydrogen-bond acceptors (Lipinski definition) is 5. The normalized spacial score (nSPS) is 11.0. The zero-order chi connectivity index (χ0) is 17.3. The molecular weight excluding hydrogens is 342 g/mol. The quantitative estimate of drug-likeness (QED) is 0.572. The summed E-state index contributed by atoms with van der Waals surface area (Å²) in [6, 6.07) is 7.66. The van der Waals surface area contributed by atoms with E-state index in [1.807, 2.05) is 49.7 Å². The van der Waals surface area contributed by atoms with E-state index >= 15 is 0 Å². The molecule has 7 heteroatoms. The van der Waals surface area contributed by atoms with Gasteiger partial charge in [0.1, 0.15) is 11.2 Å². The Bertz CT molecular complexity index is 955. The average Bonchev–Trinajstić information content (AvgIpc) is 3.02. The zero-order valence-corrected chi connectivity index (χ0v) is 15.3.